The maximum Gasteiger partial charge on any atom is 0.262 e. The smallest absolute Gasteiger partial charge is 0.262 e. The molecule has 2 N–H and O–H groups in total. The van der Waals surface area contributed by atoms with Crippen molar-refractivity contribution < 1.29 is 14.6 Å². The highest BCUT2D eigenvalue weighted by Gasteiger charge is 2.54. The Labute approximate surface area is 142 Å². The van der Waals surface area contributed by atoms with Gasteiger partial charge in [0.2, 0.25) is 0 Å². The van der Waals surface area contributed by atoms with Gasteiger partial charge in [-0.2, -0.15) is 0 Å². The zero-order valence-electron chi connectivity index (χ0n) is 14.2. The van der Waals surface area contributed by atoms with Crippen LogP contribution in [-0.2, 0) is 11.2 Å². The molecule has 0 aromatic heterocycles. The molecule has 1 heterocycles. The summed E-state index contributed by atoms with van der Waals surface area (Å²) in [7, 11) is 0. The fourth-order valence-corrected chi connectivity index (χ4v) is 6.12. The average Bonchev–Trinajstić information content (AvgIpc) is 2.88. The molecule has 0 spiro atoms. The van der Waals surface area contributed by atoms with Crippen molar-refractivity contribution >= 4 is 11.6 Å². The van der Waals surface area contributed by atoms with Crippen LogP contribution in [-0.4, -0.2) is 23.7 Å². The van der Waals surface area contributed by atoms with E-state index >= 15 is 0 Å². The number of rotatable bonds is 0. The van der Waals surface area contributed by atoms with Crippen LogP contribution in [0.3, 0.4) is 0 Å². The molecule has 128 valence electrons. The largest absolute Gasteiger partial charge is 0.482 e. The molecule has 0 bridgehead atoms. The van der Waals surface area contributed by atoms with Gasteiger partial charge in [-0.3, -0.25) is 4.79 Å². The second-order valence-corrected chi connectivity index (χ2v) is 8.44. The molecule has 1 amide bonds. The summed E-state index contributed by atoms with van der Waals surface area (Å²) in [6.07, 6.45) is 6.57. The van der Waals surface area contributed by atoms with Crippen molar-refractivity contribution in [1.82, 2.24) is 0 Å². The lowest BCUT2D eigenvalue weighted by Gasteiger charge is -2.50. The number of anilines is 1. The molecule has 1 aliphatic heterocycles. The molecule has 2 saturated carbocycles. The number of nitrogens with one attached hydrogen (secondary N) is 1. The van der Waals surface area contributed by atoms with Gasteiger partial charge in [-0.05, 0) is 85.0 Å². The van der Waals surface area contributed by atoms with Gasteiger partial charge in [0.1, 0.15) is 5.75 Å². The Kier molecular flexibility index (Phi) is 3.06. The summed E-state index contributed by atoms with van der Waals surface area (Å²) >= 11 is 0. The normalized spacial score (nSPS) is 39.8. The highest BCUT2D eigenvalue weighted by Crippen LogP contribution is 2.61. The Balaban J connectivity index is 1.53. The van der Waals surface area contributed by atoms with Crippen LogP contribution in [0.5, 0.6) is 5.75 Å². The van der Waals surface area contributed by atoms with Crippen molar-refractivity contribution in [2.75, 3.05) is 11.9 Å². The van der Waals surface area contributed by atoms with Gasteiger partial charge in [0, 0.05) is 0 Å². The van der Waals surface area contributed by atoms with Crippen LogP contribution in [0.2, 0.25) is 0 Å². The van der Waals surface area contributed by atoms with E-state index in [-0.39, 0.29) is 24.0 Å². The van der Waals surface area contributed by atoms with E-state index in [1.165, 1.54) is 24.0 Å². The minimum Gasteiger partial charge on any atom is -0.482 e. The van der Waals surface area contributed by atoms with E-state index in [0.29, 0.717) is 17.8 Å². The first-order valence-electron chi connectivity index (χ1n) is 9.34. The summed E-state index contributed by atoms with van der Waals surface area (Å²) < 4.78 is 5.59. The summed E-state index contributed by atoms with van der Waals surface area (Å²) in [6.45, 7) is 2.43. The van der Waals surface area contributed by atoms with Crippen molar-refractivity contribution in [2.24, 2.45) is 17.3 Å². The number of fused-ring (bicyclic) bond motifs is 6. The number of carbonyl (C=O) groups is 1. The van der Waals surface area contributed by atoms with Gasteiger partial charge in [-0.1, -0.05) is 6.92 Å². The Morgan fingerprint density at radius 2 is 2.12 bits per heavy atom. The van der Waals surface area contributed by atoms with Gasteiger partial charge in [-0.25, -0.2) is 0 Å². The maximum absolute atomic E-state index is 11.6. The van der Waals surface area contributed by atoms with Gasteiger partial charge >= 0.3 is 0 Å². The standard InChI is InChI=1S/C20H25NO3/c1-20-7-6-12-13(15(20)4-5-18(20)22)3-2-11-8-17-16(9-14(11)12)21-19(23)10-24-17/h8-9,12-13,15,18,22H,2-7,10H2,1H3,(H,21,23)/t12-,13+,15-,18-,20-/m0/s1. The van der Waals surface area contributed by atoms with Crippen molar-refractivity contribution in [3.05, 3.63) is 23.3 Å². The molecule has 0 radical (unpaired) electrons. The predicted octanol–water partition coefficient (Wildman–Crippen LogP) is 3.23. The number of carbonyl (C=O) groups excluding carboxylic acids is 1. The van der Waals surface area contributed by atoms with Gasteiger partial charge in [-0.15, -0.1) is 0 Å². The number of ether oxygens (including phenoxy) is 1. The third-order valence-corrected chi connectivity index (χ3v) is 7.41. The number of aryl methyl sites for hydroxylation is 1. The first kappa shape index (κ1) is 14.8. The highest BCUT2D eigenvalue weighted by molar-refractivity contribution is 5.95. The Morgan fingerprint density at radius 1 is 1.25 bits per heavy atom. The van der Waals surface area contributed by atoms with Gasteiger partial charge in [0.15, 0.2) is 6.61 Å². The molecule has 3 aliphatic carbocycles. The zero-order chi connectivity index (χ0) is 16.5. The second-order valence-electron chi connectivity index (χ2n) is 8.44. The van der Waals surface area contributed by atoms with Crippen LogP contribution < -0.4 is 10.1 Å². The molecule has 24 heavy (non-hydrogen) atoms. The SMILES string of the molecule is C[C@]12CC[C@@H]3c4cc5c(cc4CC[C@H]3[C@@H]1CC[C@@H]2O)OCC(=O)N5. The van der Waals surface area contributed by atoms with Gasteiger partial charge in [0.25, 0.3) is 5.91 Å². The minimum absolute atomic E-state index is 0.0649. The van der Waals surface area contributed by atoms with Crippen molar-refractivity contribution in [3.63, 3.8) is 0 Å². The zero-order valence-corrected chi connectivity index (χ0v) is 14.2. The van der Waals surface area contributed by atoms with Crippen LogP contribution in [0.25, 0.3) is 0 Å². The number of benzene rings is 1. The van der Waals surface area contributed by atoms with E-state index in [4.69, 9.17) is 4.74 Å². The molecule has 4 aliphatic rings. The molecule has 4 nitrogen and oxygen atoms in total. The summed E-state index contributed by atoms with van der Waals surface area (Å²) in [5.41, 5.74) is 3.77. The Bertz CT molecular complexity index is 715. The Hall–Kier alpha value is -1.55. The first-order valence-corrected chi connectivity index (χ1v) is 9.34. The molecule has 1 aromatic carbocycles. The third kappa shape index (κ3) is 1.92. The molecule has 0 unspecified atom stereocenters. The summed E-state index contributed by atoms with van der Waals surface area (Å²) in [6, 6.07) is 4.32. The van der Waals surface area contributed by atoms with E-state index in [2.05, 4.69) is 24.4 Å². The first-order chi connectivity index (χ1) is 11.6. The molecule has 0 saturated heterocycles. The number of hydrogen-bond donors (Lipinski definition) is 2. The predicted molar refractivity (Wildman–Crippen MR) is 91.2 cm³/mol. The quantitative estimate of drug-likeness (QED) is 0.769. The number of amides is 1. The maximum atomic E-state index is 11.6. The van der Waals surface area contributed by atoms with E-state index < -0.39 is 0 Å². The number of aliphatic hydroxyl groups is 1. The summed E-state index contributed by atoms with van der Waals surface area (Å²) in [4.78, 5) is 11.6. The van der Waals surface area contributed by atoms with Crippen LogP contribution in [0.1, 0.15) is 56.1 Å². The van der Waals surface area contributed by atoms with Crippen LogP contribution >= 0.6 is 0 Å². The monoisotopic (exact) mass is 327 g/mol. The summed E-state index contributed by atoms with van der Waals surface area (Å²) in [5, 5.41) is 13.5. The number of aliphatic hydroxyl groups excluding tert-OH is 1. The highest BCUT2D eigenvalue weighted by atomic mass is 16.5. The third-order valence-electron chi connectivity index (χ3n) is 7.41. The van der Waals surface area contributed by atoms with Crippen molar-refractivity contribution in [2.45, 2.75) is 57.5 Å². The molecular formula is C20H25NO3. The molecule has 5 rings (SSSR count). The van der Waals surface area contributed by atoms with E-state index in [1.54, 1.807) is 0 Å². The van der Waals surface area contributed by atoms with Gasteiger partial charge < -0.3 is 15.2 Å². The fraction of sp³-hybridized carbons (Fsp3) is 0.650. The fourth-order valence-electron chi connectivity index (χ4n) is 6.12. The van der Waals surface area contributed by atoms with Crippen molar-refractivity contribution in [3.8, 4) is 5.75 Å². The second kappa shape index (κ2) is 4.98. The molecule has 2 fully saturated rings. The average molecular weight is 327 g/mol. The summed E-state index contributed by atoms with van der Waals surface area (Å²) in [5.74, 6) is 2.64. The minimum atomic E-state index is -0.124. The Morgan fingerprint density at radius 3 is 3.00 bits per heavy atom. The van der Waals surface area contributed by atoms with Crippen molar-refractivity contribution in [1.29, 1.82) is 0 Å². The lowest BCUT2D eigenvalue weighted by molar-refractivity contribution is -0.118. The van der Waals surface area contributed by atoms with E-state index in [0.717, 1.165) is 37.1 Å². The number of hydrogen-bond acceptors (Lipinski definition) is 3. The van der Waals surface area contributed by atoms with Crippen LogP contribution in [0.15, 0.2) is 12.1 Å². The van der Waals surface area contributed by atoms with Crippen LogP contribution in [0, 0.1) is 17.3 Å². The van der Waals surface area contributed by atoms with E-state index in [1.807, 2.05) is 0 Å². The lowest BCUT2D eigenvalue weighted by Crippen LogP contribution is -2.44. The molecule has 4 heteroatoms. The molecule has 1 aromatic rings. The van der Waals surface area contributed by atoms with Crippen LogP contribution in [0.4, 0.5) is 5.69 Å². The topological polar surface area (TPSA) is 58.6 Å². The molecular weight excluding hydrogens is 302 g/mol. The lowest BCUT2D eigenvalue weighted by atomic mass is 9.55. The molecule has 5 atom stereocenters. The van der Waals surface area contributed by atoms with E-state index in [9.17, 15) is 9.90 Å². The van der Waals surface area contributed by atoms with Gasteiger partial charge in [0.05, 0.1) is 11.8 Å².